The van der Waals surface area contributed by atoms with E-state index in [0.29, 0.717) is 5.82 Å². The van der Waals surface area contributed by atoms with Crippen molar-refractivity contribution in [3.8, 4) is 23.1 Å². The largest absolute Gasteiger partial charge is 0.496 e. The van der Waals surface area contributed by atoms with Crippen LogP contribution in [0.2, 0.25) is 0 Å². The van der Waals surface area contributed by atoms with Crippen molar-refractivity contribution in [2.45, 2.75) is 0 Å². The Morgan fingerprint density at radius 1 is 1.21 bits per heavy atom. The molecule has 2 rings (SSSR count). The zero-order chi connectivity index (χ0) is 13.7. The number of anilines is 1. The van der Waals surface area contributed by atoms with Crippen LogP contribution in [0.5, 0.6) is 5.75 Å². The summed E-state index contributed by atoms with van der Waals surface area (Å²) in [5.74, 6) is 1.43. The summed E-state index contributed by atoms with van der Waals surface area (Å²) in [6, 6.07) is 13.4. The van der Waals surface area contributed by atoms with Crippen molar-refractivity contribution in [2.24, 2.45) is 0 Å². The molecule has 0 unspecified atom stereocenters. The van der Waals surface area contributed by atoms with Gasteiger partial charge in [0.25, 0.3) is 0 Å². The second kappa shape index (κ2) is 5.83. The molecule has 2 aromatic rings. The highest BCUT2D eigenvalue weighted by Crippen LogP contribution is 2.27. The molecule has 0 fully saturated rings. The fraction of sp³-hybridized carbons (Fsp3) is 0.214. The minimum Gasteiger partial charge on any atom is -0.496 e. The van der Waals surface area contributed by atoms with Crippen LogP contribution in [-0.4, -0.2) is 30.9 Å². The van der Waals surface area contributed by atoms with E-state index in [-0.39, 0.29) is 6.54 Å². The van der Waals surface area contributed by atoms with Gasteiger partial charge in [0.15, 0.2) is 5.82 Å². The first kappa shape index (κ1) is 12.8. The van der Waals surface area contributed by atoms with Gasteiger partial charge >= 0.3 is 0 Å². The lowest BCUT2D eigenvalue weighted by Gasteiger charge is -2.13. The number of para-hydroxylation sites is 1. The molecule has 19 heavy (non-hydrogen) atoms. The third kappa shape index (κ3) is 2.80. The first-order valence-electron chi connectivity index (χ1n) is 5.81. The lowest BCUT2D eigenvalue weighted by Crippen LogP contribution is -2.18. The standard InChI is InChI=1S/C14H14N4O/c1-18(10-9-15)14-8-7-12(16-17-14)11-5-3-4-6-13(11)19-2/h3-8H,10H2,1-2H3. The number of aromatic nitrogens is 2. The normalized spacial score (nSPS) is 9.74. The average molecular weight is 254 g/mol. The highest BCUT2D eigenvalue weighted by atomic mass is 16.5. The predicted octanol–water partition coefficient (Wildman–Crippen LogP) is 2.11. The van der Waals surface area contributed by atoms with E-state index in [4.69, 9.17) is 10.00 Å². The predicted molar refractivity (Wildman–Crippen MR) is 72.9 cm³/mol. The number of nitriles is 1. The summed E-state index contributed by atoms with van der Waals surface area (Å²) in [7, 11) is 3.43. The van der Waals surface area contributed by atoms with Crippen LogP contribution in [0.4, 0.5) is 5.82 Å². The van der Waals surface area contributed by atoms with Crippen LogP contribution >= 0.6 is 0 Å². The Balaban J connectivity index is 2.30. The molecule has 0 aliphatic heterocycles. The minimum absolute atomic E-state index is 0.280. The van der Waals surface area contributed by atoms with Crippen LogP contribution in [0.1, 0.15) is 0 Å². The van der Waals surface area contributed by atoms with Gasteiger partial charge in [-0.1, -0.05) is 12.1 Å². The van der Waals surface area contributed by atoms with Gasteiger partial charge in [0.1, 0.15) is 12.3 Å². The van der Waals surface area contributed by atoms with Gasteiger partial charge in [-0.15, -0.1) is 10.2 Å². The summed E-state index contributed by atoms with van der Waals surface area (Å²) in [4.78, 5) is 1.74. The Morgan fingerprint density at radius 3 is 2.63 bits per heavy atom. The van der Waals surface area contributed by atoms with E-state index in [0.717, 1.165) is 17.0 Å². The molecule has 0 radical (unpaired) electrons. The third-order valence-corrected chi connectivity index (χ3v) is 2.73. The number of methoxy groups -OCH3 is 1. The molecule has 0 amide bonds. The Kier molecular flexibility index (Phi) is 3.94. The fourth-order valence-corrected chi connectivity index (χ4v) is 1.72. The molecule has 5 heteroatoms. The SMILES string of the molecule is COc1ccccc1-c1ccc(N(C)CC#N)nn1. The number of hydrogen-bond acceptors (Lipinski definition) is 5. The number of benzene rings is 1. The van der Waals surface area contributed by atoms with Gasteiger partial charge in [-0.05, 0) is 24.3 Å². The van der Waals surface area contributed by atoms with Crippen LogP contribution < -0.4 is 9.64 Å². The Bertz CT molecular complexity index is 589. The van der Waals surface area contributed by atoms with Crippen LogP contribution in [0.15, 0.2) is 36.4 Å². The van der Waals surface area contributed by atoms with Crippen molar-refractivity contribution >= 4 is 5.82 Å². The molecule has 0 saturated heterocycles. The maximum Gasteiger partial charge on any atom is 0.151 e. The van der Waals surface area contributed by atoms with Crippen LogP contribution in [0.25, 0.3) is 11.3 Å². The molecule has 1 aromatic carbocycles. The third-order valence-electron chi connectivity index (χ3n) is 2.73. The second-order valence-electron chi connectivity index (χ2n) is 3.99. The van der Waals surface area contributed by atoms with E-state index in [1.807, 2.05) is 36.4 Å². The second-order valence-corrected chi connectivity index (χ2v) is 3.99. The number of ether oxygens (including phenoxy) is 1. The molecule has 0 spiro atoms. The molecule has 0 saturated carbocycles. The summed E-state index contributed by atoms with van der Waals surface area (Å²) in [6.07, 6.45) is 0. The van der Waals surface area contributed by atoms with Gasteiger partial charge in [-0.3, -0.25) is 0 Å². The molecule has 0 bridgehead atoms. The van der Waals surface area contributed by atoms with E-state index < -0.39 is 0 Å². The van der Waals surface area contributed by atoms with Crippen molar-refractivity contribution in [1.29, 1.82) is 5.26 Å². The summed E-state index contributed by atoms with van der Waals surface area (Å²) < 4.78 is 5.29. The molecule has 0 atom stereocenters. The molecule has 5 nitrogen and oxygen atoms in total. The Hall–Kier alpha value is -2.61. The quantitative estimate of drug-likeness (QED) is 0.782. The van der Waals surface area contributed by atoms with Crippen molar-refractivity contribution in [3.63, 3.8) is 0 Å². The van der Waals surface area contributed by atoms with Gasteiger partial charge in [0.05, 0.1) is 18.9 Å². The molecule has 0 N–H and O–H groups in total. The fourth-order valence-electron chi connectivity index (χ4n) is 1.72. The molecule has 1 aromatic heterocycles. The van der Waals surface area contributed by atoms with Gasteiger partial charge in [0.2, 0.25) is 0 Å². The Labute approximate surface area is 112 Å². The zero-order valence-electron chi connectivity index (χ0n) is 10.9. The molecular formula is C14H14N4O. The van der Waals surface area contributed by atoms with Gasteiger partial charge in [-0.2, -0.15) is 5.26 Å². The van der Waals surface area contributed by atoms with Crippen LogP contribution in [-0.2, 0) is 0 Å². The monoisotopic (exact) mass is 254 g/mol. The molecular weight excluding hydrogens is 240 g/mol. The van der Waals surface area contributed by atoms with E-state index in [9.17, 15) is 0 Å². The van der Waals surface area contributed by atoms with Crippen molar-refractivity contribution < 1.29 is 4.74 Å². The number of hydrogen-bond donors (Lipinski definition) is 0. The van der Waals surface area contributed by atoms with Crippen molar-refractivity contribution in [2.75, 3.05) is 25.6 Å². The molecule has 0 aliphatic carbocycles. The summed E-state index contributed by atoms with van der Waals surface area (Å²) in [6.45, 7) is 0.280. The van der Waals surface area contributed by atoms with E-state index in [1.54, 1.807) is 19.1 Å². The van der Waals surface area contributed by atoms with Crippen LogP contribution in [0, 0.1) is 11.3 Å². The van der Waals surface area contributed by atoms with E-state index in [2.05, 4.69) is 16.3 Å². The summed E-state index contributed by atoms with van der Waals surface area (Å²) >= 11 is 0. The van der Waals surface area contributed by atoms with E-state index >= 15 is 0 Å². The summed E-state index contributed by atoms with van der Waals surface area (Å²) in [5, 5.41) is 16.9. The van der Waals surface area contributed by atoms with Gasteiger partial charge in [-0.25, -0.2) is 0 Å². The highest BCUT2D eigenvalue weighted by molar-refractivity contribution is 5.67. The van der Waals surface area contributed by atoms with Gasteiger partial charge in [0, 0.05) is 12.6 Å². The molecule has 0 aliphatic rings. The topological polar surface area (TPSA) is 62.0 Å². The first-order valence-corrected chi connectivity index (χ1v) is 5.81. The van der Waals surface area contributed by atoms with Crippen molar-refractivity contribution in [3.05, 3.63) is 36.4 Å². The minimum atomic E-state index is 0.280. The van der Waals surface area contributed by atoms with Gasteiger partial charge < -0.3 is 9.64 Å². The smallest absolute Gasteiger partial charge is 0.151 e. The molecule has 1 heterocycles. The number of nitrogens with zero attached hydrogens (tertiary/aromatic N) is 4. The average Bonchev–Trinajstić information content (AvgIpc) is 2.47. The highest BCUT2D eigenvalue weighted by Gasteiger charge is 2.08. The number of rotatable bonds is 4. The van der Waals surface area contributed by atoms with Crippen LogP contribution in [0.3, 0.4) is 0 Å². The first-order chi connectivity index (χ1) is 9.26. The maximum atomic E-state index is 8.64. The Morgan fingerprint density at radius 2 is 2.00 bits per heavy atom. The lowest BCUT2D eigenvalue weighted by atomic mass is 10.1. The van der Waals surface area contributed by atoms with Crippen molar-refractivity contribution in [1.82, 2.24) is 10.2 Å². The maximum absolute atomic E-state index is 8.64. The lowest BCUT2D eigenvalue weighted by molar-refractivity contribution is 0.416. The van der Waals surface area contributed by atoms with E-state index in [1.165, 1.54) is 0 Å². The summed E-state index contributed by atoms with van der Waals surface area (Å²) in [5.41, 5.74) is 1.64. The molecule has 96 valence electrons. The zero-order valence-corrected chi connectivity index (χ0v) is 10.9.